The highest BCUT2D eigenvalue weighted by molar-refractivity contribution is 6.17. The Labute approximate surface area is 332 Å². The van der Waals surface area contributed by atoms with E-state index < -0.39 is 46.0 Å². The molecule has 6 aromatic heterocycles. The van der Waals surface area contributed by atoms with Crippen LogP contribution in [0.4, 0.5) is 28.9 Å². The Morgan fingerprint density at radius 1 is 0.593 bits per heavy atom. The first-order valence-electron chi connectivity index (χ1n) is 18.0. The molecule has 0 radical (unpaired) electrons. The number of fused-ring (bicyclic) bond motifs is 2. The summed E-state index contributed by atoms with van der Waals surface area (Å²) in [6.45, 7) is 0.336. The Balaban J connectivity index is 0.000000169. The van der Waals surface area contributed by atoms with Gasteiger partial charge in [0, 0.05) is 100 Å². The van der Waals surface area contributed by atoms with Crippen molar-refractivity contribution in [1.29, 1.82) is 0 Å². The molecule has 0 aliphatic heterocycles. The number of ketones is 2. The van der Waals surface area contributed by atoms with Crippen molar-refractivity contribution in [3.63, 3.8) is 0 Å². The number of carbonyl (C=O) groups excluding carboxylic acids is 2. The van der Waals surface area contributed by atoms with Crippen molar-refractivity contribution in [1.82, 2.24) is 29.9 Å². The van der Waals surface area contributed by atoms with Gasteiger partial charge in [0.05, 0.1) is 22.5 Å². The fourth-order valence-corrected chi connectivity index (χ4v) is 6.50. The third-order valence-electron chi connectivity index (χ3n) is 9.53. The van der Waals surface area contributed by atoms with Gasteiger partial charge < -0.3 is 21.0 Å². The van der Waals surface area contributed by atoms with Crippen LogP contribution < -0.4 is 11.1 Å². The zero-order valence-corrected chi connectivity index (χ0v) is 30.7. The van der Waals surface area contributed by atoms with Gasteiger partial charge in [-0.2, -0.15) is 0 Å². The molecule has 6 heterocycles. The summed E-state index contributed by atoms with van der Waals surface area (Å²) >= 11 is 0. The third-order valence-corrected chi connectivity index (χ3v) is 9.53. The second-order valence-electron chi connectivity index (χ2n) is 13.2. The second kappa shape index (κ2) is 16.2. The minimum absolute atomic E-state index is 0.0534. The monoisotopic (exact) mass is 790 g/mol. The number of H-pyrrole nitrogens is 2. The van der Waals surface area contributed by atoms with Crippen molar-refractivity contribution in [2.24, 2.45) is 0 Å². The van der Waals surface area contributed by atoms with Crippen molar-refractivity contribution >= 4 is 45.0 Å². The number of nitrogens with two attached hydrogens (primary N) is 1. The van der Waals surface area contributed by atoms with Crippen molar-refractivity contribution in [3.05, 3.63) is 192 Å². The first-order chi connectivity index (χ1) is 28.7. The van der Waals surface area contributed by atoms with Crippen LogP contribution in [-0.2, 0) is 6.54 Å². The Morgan fingerprint density at radius 3 is 1.64 bits per heavy atom. The van der Waals surface area contributed by atoms with Gasteiger partial charge in [0.2, 0.25) is 11.6 Å². The van der Waals surface area contributed by atoms with Gasteiger partial charge >= 0.3 is 0 Å². The predicted molar refractivity (Wildman–Crippen MR) is 216 cm³/mol. The molecule has 9 rings (SSSR count). The molecule has 0 fully saturated rings. The van der Waals surface area contributed by atoms with Crippen LogP contribution in [0, 0.1) is 23.3 Å². The molecule has 290 valence electrons. The summed E-state index contributed by atoms with van der Waals surface area (Å²) in [5, 5.41) is 3.87. The highest BCUT2D eigenvalue weighted by atomic mass is 19.1. The van der Waals surface area contributed by atoms with Gasteiger partial charge in [0.25, 0.3) is 0 Å². The van der Waals surface area contributed by atoms with Crippen molar-refractivity contribution < 1.29 is 27.2 Å². The number of hydrogen-bond donors (Lipinski definition) is 4. The minimum Gasteiger partial charge on any atom is -0.396 e. The standard InChI is InChI=1S/C26H18F2N4O.C19H12F2N4O/c27-21-8-9-22(30-12-16-5-2-1-3-6-16)24(28)23(21)25(33)20-15-32-26-19(20)11-18(14-31-26)17-7-4-10-29-13-17;20-14-3-4-15(22)17(21)16(14)18(26)13-9-25-19-12(13)6-11(8-24-19)10-2-1-5-23-7-10/h1-11,13-15,30H,12H2,(H,31,32);1-9H,22H2,(H,24,25). The van der Waals surface area contributed by atoms with Gasteiger partial charge in [-0.15, -0.1) is 0 Å². The molecular weight excluding hydrogens is 761 g/mol. The summed E-state index contributed by atoms with van der Waals surface area (Å²) in [7, 11) is 0. The predicted octanol–water partition coefficient (Wildman–Crippen LogP) is 9.46. The van der Waals surface area contributed by atoms with Gasteiger partial charge in [-0.25, -0.2) is 27.5 Å². The van der Waals surface area contributed by atoms with Crippen LogP contribution in [0.15, 0.2) is 141 Å². The van der Waals surface area contributed by atoms with E-state index in [1.54, 1.807) is 61.4 Å². The number of anilines is 2. The Kier molecular flexibility index (Phi) is 10.4. The summed E-state index contributed by atoms with van der Waals surface area (Å²) in [4.78, 5) is 48.6. The lowest BCUT2D eigenvalue weighted by Gasteiger charge is -2.11. The van der Waals surface area contributed by atoms with Crippen LogP contribution in [0.3, 0.4) is 0 Å². The second-order valence-corrected chi connectivity index (χ2v) is 13.2. The summed E-state index contributed by atoms with van der Waals surface area (Å²) in [5.41, 5.74) is 9.11. The molecule has 0 amide bonds. The SMILES string of the molecule is Nc1ccc(F)c(C(=O)c2c[nH]c3ncc(-c4cccnc4)cc23)c1F.O=C(c1c(F)ccc(NCc2ccccc2)c1F)c1c[nH]c2ncc(-c3cccnc3)cc12. The van der Waals surface area contributed by atoms with Crippen LogP contribution in [0.2, 0.25) is 0 Å². The molecular formula is C45H30F4N8O2. The van der Waals surface area contributed by atoms with E-state index in [1.807, 2.05) is 42.5 Å². The number of halogens is 4. The Hall–Kier alpha value is -8.00. The van der Waals surface area contributed by atoms with Crippen LogP contribution in [0.25, 0.3) is 44.3 Å². The number of nitrogens with one attached hydrogen (secondary N) is 3. The zero-order valence-electron chi connectivity index (χ0n) is 30.7. The minimum atomic E-state index is -1.07. The number of nitrogen functional groups attached to an aromatic ring is 1. The van der Waals surface area contributed by atoms with Gasteiger partial charge in [-0.1, -0.05) is 42.5 Å². The highest BCUT2D eigenvalue weighted by Gasteiger charge is 2.26. The summed E-state index contributed by atoms with van der Waals surface area (Å²) < 4.78 is 58.2. The third kappa shape index (κ3) is 7.61. The lowest BCUT2D eigenvalue weighted by molar-refractivity contribution is 0.102. The van der Waals surface area contributed by atoms with E-state index in [4.69, 9.17) is 5.73 Å². The Bertz CT molecular complexity index is 2990. The average molecular weight is 791 g/mol. The highest BCUT2D eigenvalue weighted by Crippen LogP contribution is 2.31. The van der Waals surface area contributed by atoms with Crippen LogP contribution >= 0.6 is 0 Å². The summed E-state index contributed by atoms with van der Waals surface area (Å²) in [6.07, 6.45) is 12.7. The fourth-order valence-electron chi connectivity index (χ4n) is 6.50. The smallest absolute Gasteiger partial charge is 0.201 e. The number of rotatable bonds is 9. The van der Waals surface area contributed by atoms with E-state index in [1.165, 1.54) is 18.5 Å². The topological polar surface area (TPSA) is 155 Å². The molecule has 9 aromatic rings. The number of aromatic amines is 2. The van der Waals surface area contributed by atoms with Crippen molar-refractivity contribution in [2.45, 2.75) is 6.54 Å². The molecule has 59 heavy (non-hydrogen) atoms. The number of nitrogens with zero attached hydrogens (tertiary/aromatic N) is 4. The number of aromatic nitrogens is 6. The molecule has 0 aliphatic rings. The van der Waals surface area contributed by atoms with E-state index in [2.05, 4.69) is 35.2 Å². The Morgan fingerprint density at radius 2 is 1.12 bits per heavy atom. The lowest BCUT2D eigenvalue weighted by Crippen LogP contribution is -2.10. The number of benzene rings is 3. The maximum atomic E-state index is 15.3. The molecule has 0 atom stereocenters. The molecule has 10 nitrogen and oxygen atoms in total. The molecule has 0 unspecified atom stereocenters. The van der Waals surface area contributed by atoms with Crippen LogP contribution in [0.5, 0.6) is 0 Å². The first kappa shape index (κ1) is 37.9. The van der Waals surface area contributed by atoms with E-state index in [0.29, 0.717) is 28.6 Å². The van der Waals surface area contributed by atoms with E-state index in [9.17, 15) is 22.8 Å². The zero-order chi connectivity index (χ0) is 41.0. The lowest BCUT2D eigenvalue weighted by atomic mass is 10.00. The van der Waals surface area contributed by atoms with Crippen LogP contribution in [0.1, 0.15) is 37.4 Å². The van der Waals surface area contributed by atoms with Crippen LogP contribution in [-0.4, -0.2) is 41.5 Å². The molecule has 0 bridgehead atoms. The van der Waals surface area contributed by atoms with Gasteiger partial charge in [0.15, 0.2) is 11.6 Å². The number of carbonyl (C=O) groups is 2. The maximum absolute atomic E-state index is 15.3. The van der Waals surface area contributed by atoms with Gasteiger partial charge in [0.1, 0.15) is 22.9 Å². The summed E-state index contributed by atoms with van der Waals surface area (Å²) in [5.74, 6) is -5.45. The molecule has 0 saturated carbocycles. The van der Waals surface area contributed by atoms with Gasteiger partial charge in [-0.3, -0.25) is 19.6 Å². The number of pyridine rings is 4. The fraction of sp³-hybridized carbons (Fsp3) is 0.0222. The van der Waals surface area contributed by atoms with E-state index in [-0.39, 0.29) is 22.5 Å². The summed E-state index contributed by atoms with van der Waals surface area (Å²) in [6, 6.07) is 24.6. The average Bonchev–Trinajstić information content (AvgIpc) is 3.90. The van der Waals surface area contributed by atoms with Crippen molar-refractivity contribution in [2.75, 3.05) is 11.1 Å². The maximum Gasteiger partial charge on any atom is 0.201 e. The molecule has 14 heteroatoms. The first-order valence-corrected chi connectivity index (χ1v) is 18.0. The van der Waals surface area contributed by atoms with E-state index in [0.717, 1.165) is 46.0 Å². The molecule has 0 spiro atoms. The number of hydrogen-bond acceptors (Lipinski definition) is 8. The molecule has 0 aliphatic carbocycles. The molecule has 0 saturated heterocycles. The normalized spacial score (nSPS) is 11.0. The van der Waals surface area contributed by atoms with Gasteiger partial charge in [-0.05, 0) is 54.1 Å². The van der Waals surface area contributed by atoms with Crippen molar-refractivity contribution in [3.8, 4) is 22.3 Å². The van der Waals surface area contributed by atoms with E-state index >= 15 is 4.39 Å². The quantitative estimate of drug-likeness (QED) is 0.0641. The molecule has 5 N–H and O–H groups in total. The molecule has 3 aromatic carbocycles. The largest absolute Gasteiger partial charge is 0.396 e.